The van der Waals surface area contributed by atoms with Gasteiger partial charge in [-0.15, -0.1) is 0 Å². The molecule has 172 valence electrons. The molecular formula is C25H31NO6. The normalized spacial score (nSPS) is 19.2. The van der Waals surface area contributed by atoms with E-state index in [2.05, 4.69) is 17.0 Å². The fraction of sp³-hybridized carbons (Fsp3) is 0.480. The summed E-state index contributed by atoms with van der Waals surface area (Å²) in [6.07, 6.45) is 2.35. The monoisotopic (exact) mass is 441 g/mol. The molecule has 7 nitrogen and oxygen atoms in total. The van der Waals surface area contributed by atoms with Crippen molar-refractivity contribution in [3.63, 3.8) is 0 Å². The first-order valence-electron chi connectivity index (χ1n) is 11.4. The van der Waals surface area contributed by atoms with Crippen molar-refractivity contribution in [3.8, 4) is 17.2 Å². The lowest BCUT2D eigenvalue weighted by molar-refractivity contribution is 0.0524. The molecule has 1 N–H and O–H groups in total. The summed E-state index contributed by atoms with van der Waals surface area (Å²) in [6.45, 7) is 5.02. The van der Waals surface area contributed by atoms with Gasteiger partial charge in [0.25, 0.3) is 0 Å². The van der Waals surface area contributed by atoms with E-state index in [0.717, 1.165) is 37.3 Å². The number of carbonyl (C=O) groups excluding carboxylic acids is 1. The molecule has 2 atom stereocenters. The number of carbonyl (C=O) groups is 1. The molecule has 2 heterocycles. The first-order chi connectivity index (χ1) is 15.6. The highest BCUT2D eigenvalue weighted by atomic mass is 16.5. The molecule has 1 fully saturated rings. The molecule has 0 aliphatic carbocycles. The molecule has 2 aliphatic heterocycles. The number of aliphatic hydroxyl groups excluding tert-OH is 1. The van der Waals surface area contributed by atoms with Gasteiger partial charge in [0, 0.05) is 19.0 Å². The van der Waals surface area contributed by atoms with Crippen LogP contribution in [0.25, 0.3) is 0 Å². The lowest BCUT2D eigenvalue weighted by atomic mass is 10.0. The van der Waals surface area contributed by atoms with Gasteiger partial charge in [0.2, 0.25) is 0 Å². The fourth-order valence-electron chi connectivity index (χ4n) is 4.25. The maximum Gasteiger partial charge on any atom is 0.338 e. The van der Waals surface area contributed by atoms with Gasteiger partial charge in [0.15, 0.2) is 11.5 Å². The van der Waals surface area contributed by atoms with Crippen LogP contribution >= 0.6 is 0 Å². The number of fused-ring (bicyclic) bond motifs is 1. The molecule has 0 radical (unpaired) electrons. The number of rotatable bonds is 8. The Morgan fingerprint density at radius 2 is 2.00 bits per heavy atom. The molecule has 2 aromatic rings. The van der Waals surface area contributed by atoms with E-state index in [1.807, 2.05) is 6.07 Å². The minimum absolute atomic E-state index is 0.149. The van der Waals surface area contributed by atoms with Gasteiger partial charge >= 0.3 is 5.97 Å². The standard InChI is InChI=1S/C25H31NO6/c1-2-29-25(28)19-6-3-7-21(14-19)32-17-20(27)16-26-11-4-8-22(26)18-9-10-23-24(15-18)31-13-5-12-30-23/h3,6-7,9-10,14-15,20,22,27H,2,4-5,8,11-13,16-17H2,1H3/t20-,22-/m1/s1. The first kappa shape index (κ1) is 22.4. The maximum atomic E-state index is 11.9. The summed E-state index contributed by atoms with van der Waals surface area (Å²) < 4.78 is 22.4. The Hall–Kier alpha value is -2.77. The Bertz CT molecular complexity index is 917. The Labute approximate surface area is 188 Å². The highest BCUT2D eigenvalue weighted by Gasteiger charge is 2.28. The van der Waals surface area contributed by atoms with Crippen LogP contribution in [0.1, 0.15) is 48.1 Å². The van der Waals surface area contributed by atoms with Gasteiger partial charge in [-0.25, -0.2) is 4.79 Å². The molecule has 0 spiro atoms. The molecule has 0 saturated carbocycles. The number of β-amino-alcohol motifs (C(OH)–C–C–N with tert-alkyl or cyclic N) is 1. The van der Waals surface area contributed by atoms with Gasteiger partial charge in [-0.3, -0.25) is 4.90 Å². The van der Waals surface area contributed by atoms with Crippen LogP contribution in [-0.4, -0.2) is 61.6 Å². The van der Waals surface area contributed by atoms with Crippen molar-refractivity contribution in [2.45, 2.75) is 38.3 Å². The number of hydrogen-bond donors (Lipinski definition) is 1. The smallest absolute Gasteiger partial charge is 0.338 e. The van der Waals surface area contributed by atoms with E-state index >= 15 is 0 Å². The summed E-state index contributed by atoms with van der Waals surface area (Å²) in [7, 11) is 0. The zero-order valence-electron chi connectivity index (χ0n) is 18.5. The van der Waals surface area contributed by atoms with Crippen LogP contribution in [-0.2, 0) is 4.74 Å². The van der Waals surface area contributed by atoms with Crippen molar-refractivity contribution in [2.75, 3.05) is 39.5 Å². The van der Waals surface area contributed by atoms with Gasteiger partial charge < -0.3 is 24.1 Å². The Morgan fingerprint density at radius 1 is 1.16 bits per heavy atom. The van der Waals surface area contributed by atoms with E-state index < -0.39 is 6.10 Å². The van der Waals surface area contributed by atoms with E-state index in [-0.39, 0.29) is 18.6 Å². The summed E-state index contributed by atoms with van der Waals surface area (Å²) in [6, 6.07) is 13.2. The average Bonchev–Trinajstić information content (AvgIpc) is 3.13. The molecule has 1 saturated heterocycles. The van der Waals surface area contributed by atoms with Crippen LogP contribution in [0.5, 0.6) is 17.2 Å². The second-order valence-corrected chi connectivity index (χ2v) is 8.12. The molecule has 32 heavy (non-hydrogen) atoms. The number of ether oxygens (including phenoxy) is 4. The predicted octanol–water partition coefficient (Wildman–Crippen LogP) is 3.60. The van der Waals surface area contributed by atoms with Crippen molar-refractivity contribution in [1.29, 1.82) is 0 Å². The molecule has 0 bridgehead atoms. The fourth-order valence-corrected chi connectivity index (χ4v) is 4.25. The van der Waals surface area contributed by atoms with E-state index in [1.165, 1.54) is 5.56 Å². The lowest BCUT2D eigenvalue weighted by Gasteiger charge is -2.27. The Morgan fingerprint density at radius 3 is 2.84 bits per heavy atom. The number of nitrogens with zero attached hydrogens (tertiary/aromatic N) is 1. The molecule has 4 rings (SSSR count). The minimum atomic E-state index is -0.651. The van der Waals surface area contributed by atoms with Gasteiger partial charge in [-0.1, -0.05) is 12.1 Å². The molecule has 0 aromatic heterocycles. The van der Waals surface area contributed by atoms with Crippen LogP contribution in [0.15, 0.2) is 42.5 Å². The molecule has 0 amide bonds. The van der Waals surface area contributed by atoms with Crippen molar-refractivity contribution in [3.05, 3.63) is 53.6 Å². The maximum absolute atomic E-state index is 11.9. The number of aliphatic hydroxyl groups is 1. The molecular weight excluding hydrogens is 410 g/mol. The SMILES string of the molecule is CCOC(=O)c1cccc(OC[C@H](O)CN2CCC[C@@H]2c2ccc3c(c2)OCCCO3)c1. The first-order valence-corrected chi connectivity index (χ1v) is 11.4. The minimum Gasteiger partial charge on any atom is -0.491 e. The van der Waals surface area contributed by atoms with Crippen LogP contribution in [0, 0.1) is 0 Å². The van der Waals surface area contributed by atoms with E-state index in [1.54, 1.807) is 31.2 Å². The predicted molar refractivity (Wildman–Crippen MR) is 119 cm³/mol. The number of likely N-dealkylation sites (tertiary alicyclic amines) is 1. The highest BCUT2D eigenvalue weighted by molar-refractivity contribution is 5.89. The zero-order chi connectivity index (χ0) is 22.3. The number of benzene rings is 2. The molecule has 0 unspecified atom stereocenters. The van der Waals surface area contributed by atoms with Crippen LogP contribution < -0.4 is 14.2 Å². The largest absolute Gasteiger partial charge is 0.491 e. The van der Waals surface area contributed by atoms with E-state index in [4.69, 9.17) is 18.9 Å². The topological polar surface area (TPSA) is 77.5 Å². The van der Waals surface area contributed by atoms with E-state index in [0.29, 0.717) is 37.7 Å². The van der Waals surface area contributed by atoms with Crippen LogP contribution in [0.2, 0.25) is 0 Å². The van der Waals surface area contributed by atoms with Gasteiger partial charge in [-0.2, -0.15) is 0 Å². The lowest BCUT2D eigenvalue weighted by Crippen LogP contribution is -2.35. The van der Waals surface area contributed by atoms with E-state index in [9.17, 15) is 9.90 Å². The van der Waals surface area contributed by atoms with Gasteiger partial charge in [-0.05, 0) is 62.2 Å². The van der Waals surface area contributed by atoms with Crippen molar-refractivity contribution >= 4 is 5.97 Å². The Balaban J connectivity index is 1.34. The van der Waals surface area contributed by atoms with Crippen molar-refractivity contribution < 1.29 is 28.8 Å². The summed E-state index contributed by atoms with van der Waals surface area (Å²) in [5, 5.41) is 10.6. The third kappa shape index (κ3) is 5.53. The van der Waals surface area contributed by atoms with Crippen molar-refractivity contribution in [1.82, 2.24) is 4.90 Å². The molecule has 2 aliphatic rings. The van der Waals surface area contributed by atoms with Crippen molar-refractivity contribution in [2.24, 2.45) is 0 Å². The molecule has 2 aromatic carbocycles. The van der Waals surface area contributed by atoms with Crippen LogP contribution in [0.4, 0.5) is 0 Å². The zero-order valence-corrected chi connectivity index (χ0v) is 18.5. The second kappa shape index (κ2) is 10.7. The van der Waals surface area contributed by atoms with Crippen LogP contribution in [0.3, 0.4) is 0 Å². The van der Waals surface area contributed by atoms with Gasteiger partial charge in [0.1, 0.15) is 18.5 Å². The summed E-state index contributed by atoms with van der Waals surface area (Å²) in [5.41, 5.74) is 1.62. The second-order valence-electron chi connectivity index (χ2n) is 8.12. The summed E-state index contributed by atoms with van der Waals surface area (Å²) in [5.74, 6) is 1.76. The van der Waals surface area contributed by atoms with Gasteiger partial charge in [0.05, 0.1) is 25.4 Å². The highest BCUT2D eigenvalue weighted by Crippen LogP contribution is 2.37. The number of esters is 1. The quantitative estimate of drug-likeness (QED) is 0.627. The third-order valence-electron chi connectivity index (χ3n) is 5.75. The summed E-state index contributed by atoms with van der Waals surface area (Å²) in [4.78, 5) is 14.2. The Kier molecular flexibility index (Phi) is 7.50. The third-order valence-corrected chi connectivity index (χ3v) is 5.75. The number of hydrogen-bond acceptors (Lipinski definition) is 7. The average molecular weight is 442 g/mol. The summed E-state index contributed by atoms with van der Waals surface area (Å²) >= 11 is 0. The molecule has 7 heteroatoms.